The van der Waals surface area contributed by atoms with Crippen LogP contribution in [0, 0.1) is 0 Å². The lowest BCUT2D eigenvalue weighted by atomic mass is 9.87. The number of carbonyl (C=O) groups excluding carboxylic acids is 1. The van der Waals surface area contributed by atoms with Crippen LogP contribution in [0.25, 0.3) is 0 Å². The van der Waals surface area contributed by atoms with Gasteiger partial charge in [-0.1, -0.05) is 19.4 Å². The minimum absolute atomic E-state index is 0.0373. The molecule has 3 nitrogen and oxygen atoms in total. The smallest absolute Gasteiger partial charge is 0.426 e. The van der Waals surface area contributed by atoms with Crippen LogP contribution in [0.1, 0.15) is 50.2 Å². The van der Waals surface area contributed by atoms with Crippen molar-refractivity contribution in [2.45, 2.75) is 99.7 Å². The summed E-state index contributed by atoms with van der Waals surface area (Å²) in [5.41, 5.74) is -0.307. The highest BCUT2D eigenvalue weighted by Gasteiger charge is 2.95. The van der Waals surface area contributed by atoms with Gasteiger partial charge in [-0.2, -0.15) is 74.6 Å². The normalized spacial score (nSPS) is 14.7. The predicted molar refractivity (Wildman–Crippen MR) is 111 cm³/mol. The summed E-state index contributed by atoms with van der Waals surface area (Å²) in [5.74, 6) is -57.5. The van der Waals surface area contributed by atoms with E-state index >= 15 is 0 Å². The molecule has 0 heterocycles. The number of carbonyl (C=O) groups is 1. The largest absolute Gasteiger partial charge is 0.460 e. The van der Waals surface area contributed by atoms with Crippen LogP contribution < -0.4 is 4.74 Å². The molecule has 0 radical (unpaired) electrons. The molecule has 0 fully saturated rings. The van der Waals surface area contributed by atoms with Crippen molar-refractivity contribution in [1.29, 1.82) is 0 Å². The van der Waals surface area contributed by atoms with E-state index in [-0.39, 0.29) is 23.3 Å². The molecule has 0 aromatic heterocycles. The number of unbranched alkanes of at least 4 members (excludes halogenated alkanes) is 1. The highest BCUT2D eigenvalue weighted by atomic mass is 19.4. The highest BCUT2D eigenvalue weighted by molar-refractivity contribution is 5.72. The second-order valence-corrected chi connectivity index (χ2v) is 9.18. The summed E-state index contributed by atoms with van der Waals surface area (Å²) in [7, 11) is 0. The van der Waals surface area contributed by atoms with E-state index in [9.17, 15) is 84.5 Å². The molecular formula is C23H21F17O3. The maximum absolute atomic E-state index is 14.1. The Labute approximate surface area is 231 Å². The Bertz CT molecular complexity index is 1110. The van der Waals surface area contributed by atoms with Crippen molar-refractivity contribution in [1.82, 2.24) is 0 Å². The zero-order chi connectivity index (χ0) is 34.1. The Hall–Kier alpha value is -2.54. The highest BCUT2D eigenvalue weighted by Crippen LogP contribution is 2.64. The van der Waals surface area contributed by atoms with Crippen molar-refractivity contribution in [3.8, 4) is 5.75 Å². The first kappa shape index (κ1) is 38.5. The summed E-state index contributed by atoms with van der Waals surface area (Å²) >= 11 is 0. The van der Waals surface area contributed by atoms with E-state index in [2.05, 4.69) is 0 Å². The summed E-state index contributed by atoms with van der Waals surface area (Å²) in [6, 6.07) is 2.97. The van der Waals surface area contributed by atoms with Crippen LogP contribution in [0.2, 0.25) is 0 Å². The quantitative estimate of drug-likeness (QED) is 0.116. The molecule has 0 amide bonds. The van der Waals surface area contributed by atoms with Crippen molar-refractivity contribution < 1.29 is 89.3 Å². The van der Waals surface area contributed by atoms with Gasteiger partial charge >= 0.3 is 53.6 Å². The standard InChI is InChI=1S/C23H21F17O3/c1-2-3-6-15(42)43-14-8-7-12(10-13(14)11-41)5-4-9-16(24,25)17(26,27)18(28,29)19(30,31)20(32,33)21(34,35)22(36,37)23(38,39)40/h7-8,10,41H,2-6,9,11H2,1H3. The molecule has 0 unspecified atom stereocenters. The number of aryl methyl sites for hydroxylation is 1. The van der Waals surface area contributed by atoms with Crippen LogP contribution in [-0.2, 0) is 17.8 Å². The van der Waals surface area contributed by atoms with Crippen LogP contribution in [0.4, 0.5) is 74.6 Å². The topological polar surface area (TPSA) is 46.5 Å². The zero-order valence-corrected chi connectivity index (χ0v) is 21.4. The molecule has 1 rings (SSSR count). The van der Waals surface area contributed by atoms with Crippen molar-refractivity contribution in [2.24, 2.45) is 0 Å². The van der Waals surface area contributed by atoms with Gasteiger partial charge < -0.3 is 9.84 Å². The van der Waals surface area contributed by atoms with Crippen LogP contribution >= 0.6 is 0 Å². The lowest BCUT2D eigenvalue weighted by molar-refractivity contribution is -0.461. The third kappa shape index (κ3) is 6.77. The number of hydrogen-bond donors (Lipinski definition) is 1. The van der Waals surface area contributed by atoms with Crippen LogP contribution in [-0.4, -0.2) is 58.7 Å². The third-order valence-electron chi connectivity index (χ3n) is 6.00. The third-order valence-corrected chi connectivity index (χ3v) is 6.00. The molecule has 0 atom stereocenters. The molecule has 0 saturated carbocycles. The first-order valence-electron chi connectivity index (χ1n) is 11.8. The number of halogens is 17. The van der Waals surface area contributed by atoms with Gasteiger partial charge in [0.1, 0.15) is 5.75 Å². The Morgan fingerprint density at radius 3 is 1.60 bits per heavy atom. The average Bonchev–Trinajstić information content (AvgIpc) is 2.86. The molecular weight excluding hydrogens is 647 g/mol. The van der Waals surface area contributed by atoms with E-state index in [0.717, 1.165) is 18.2 Å². The Morgan fingerprint density at radius 1 is 0.698 bits per heavy atom. The Kier molecular flexibility index (Phi) is 11.1. The van der Waals surface area contributed by atoms with E-state index in [4.69, 9.17) is 4.74 Å². The maximum Gasteiger partial charge on any atom is 0.460 e. The summed E-state index contributed by atoms with van der Waals surface area (Å²) < 4.78 is 232. The van der Waals surface area contributed by atoms with Crippen molar-refractivity contribution >= 4 is 5.97 Å². The van der Waals surface area contributed by atoms with Gasteiger partial charge in [0, 0.05) is 18.4 Å². The lowest BCUT2D eigenvalue weighted by Crippen LogP contribution is -2.74. The molecule has 250 valence electrons. The number of hydrogen-bond acceptors (Lipinski definition) is 3. The number of alkyl halides is 17. The SMILES string of the molecule is CCCCC(=O)Oc1ccc(CCCC(F)(F)C(F)(F)C(F)(F)C(F)(F)C(F)(F)C(F)(F)C(F)(F)C(F)(F)F)cc1CO. The summed E-state index contributed by atoms with van der Waals surface area (Å²) in [5, 5.41) is 9.39. The van der Waals surface area contributed by atoms with Crippen LogP contribution in [0.15, 0.2) is 18.2 Å². The maximum atomic E-state index is 14.1. The molecule has 20 heteroatoms. The van der Waals surface area contributed by atoms with Gasteiger partial charge in [-0.05, 0) is 37.0 Å². The van der Waals surface area contributed by atoms with Gasteiger partial charge in [-0.15, -0.1) is 0 Å². The molecule has 0 bridgehead atoms. The Balaban J connectivity index is 3.23. The molecule has 1 aromatic carbocycles. The first-order chi connectivity index (χ1) is 19.1. The molecule has 0 aliphatic heterocycles. The number of rotatable bonds is 15. The second-order valence-electron chi connectivity index (χ2n) is 9.18. The van der Waals surface area contributed by atoms with Gasteiger partial charge in [-0.25, -0.2) is 0 Å². The molecule has 0 aliphatic rings. The van der Waals surface area contributed by atoms with Crippen molar-refractivity contribution in [3.63, 3.8) is 0 Å². The zero-order valence-electron chi connectivity index (χ0n) is 21.4. The fourth-order valence-electron chi connectivity index (χ4n) is 3.37. The summed E-state index contributed by atoms with van der Waals surface area (Å²) in [4.78, 5) is 11.7. The number of aliphatic hydroxyl groups is 1. The van der Waals surface area contributed by atoms with Crippen molar-refractivity contribution in [2.75, 3.05) is 0 Å². The predicted octanol–water partition coefficient (Wildman–Crippen LogP) is 8.61. The summed E-state index contributed by atoms with van der Waals surface area (Å²) in [6.07, 6.45) is -11.5. The molecule has 0 saturated heterocycles. The number of ether oxygens (including phenoxy) is 1. The second kappa shape index (κ2) is 12.5. The minimum atomic E-state index is -8.66. The molecule has 43 heavy (non-hydrogen) atoms. The van der Waals surface area contributed by atoms with Crippen LogP contribution in [0.3, 0.4) is 0 Å². The fourth-order valence-corrected chi connectivity index (χ4v) is 3.37. The molecule has 0 aliphatic carbocycles. The van der Waals surface area contributed by atoms with E-state index in [1.54, 1.807) is 6.92 Å². The molecule has 0 spiro atoms. The minimum Gasteiger partial charge on any atom is -0.426 e. The number of benzene rings is 1. The van der Waals surface area contributed by atoms with Gasteiger partial charge in [0.2, 0.25) is 0 Å². The average molecular weight is 668 g/mol. The molecule has 1 aromatic rings. The monoisotopic (exact) mass is 668 g/mol. The van der Waals surface area contributed by atoms with Crippen molar-refractivity contribution in [3.05, 3.63) is 29.3 Å². The number of aliphatic hydroxyl groups excluding tert-OH is 1. The molecule has 1 N–H and O–H groups in total. The van der Waals surface area contributed by atoms with Gasteiger partial charge in [-0.3, -0.25) is 4.79 Å². The van der Waals surface area contributed by atoms with E-state index in [0.29, 0.717) is 12.8 Å². The van der Waals surface area contributed by atoms with Gasteiger partial charge in [0.05, 0.1) is 6.61 Å². The summed E-state index contributed by atoms with van der Waals surface area (Å²) in [6.45, 7) is 0.910. The van der Waals surface area contributed by atoms with E-state index in [1.165, 1.54) is 0 Å². The van der Waals surface area contributed by atoms with Gasteiger partial charge in [0.25, 0.3) is 0 Å². The van der Waals surface area contributed by atoms with E-state index in [1.807, 2.05) is 0 Å². The van der Waals surface area contributed by atoms with Crippen LogP contribution in [0.5, 0.6) is 5.75 Å². The number of esters is 1. The first-order valence-corrected chi connectivity index (χ1v) is 11.8. The Morgan fingerprint density at radius 2 is 1.16 bits per heavy atom. The van der Waals surface area contributed by atoms with E-state index < -0.39 is 79.5 Å². The van der Waals surface area contributed by atoms with Gasteiger partial charge in [0.15, 0.2) is 0 Å². The lowest BCUT2D eigenvalue weighted by Gasteiger charge is -2.42. The fraction of sp³-hybridized carbons (Fsp3) is 0.696.